The van der Waals surface area contributed by atoms with Gasteiger partial charge < -0.3 is 13.9 Å². The van der Waals surface area contributed by atoms with Gasteiger partial charge in [-0.3, -0.25) is 14.2 Å². The normalized spacial score (nSPS) is 11.2. The summed E-state index contributed by atoms with van der Waals surface area (Å²) in [5.74, 6) is 1.08. The molecule has 0 amide bonds. The molecule has 0 N–H and O–H groups in total. The molecule has 0 radical (unpaired) electrons. The van der Waals surface area contributed by atoms with E-state index in [1.807, 2.05) is 35.7 Å². The first kappa shape index (κ1) is 20.0. The Morgan fingerprint density at radius 2 is 1.91 bits per heavy atom. The molecule has 0 spiro atoms. The van der Waals surface area contributed by atoms with Gasteiger partial charge in [0.15, 0.2) is 17.3 Å². The number of aromatic nitrogens is 2. The van der Waals surface area contributed by atoms with Crippen LogP contribution in [0.25, 0.3) is 32.3 Å². The smallest absolute Gasteiger partial charge is 0.263 e. The number of para-hydroxylation sites is 1. The number of hydrogen-bond acceptors (Lipinski definition) is 7. The van der Waals surface area contributed by atoms with Gasteiger partial charge in [0.25, 0.3) is 5.56 Å². The highest BCUT2D eigenvalue weighted by atomic mass is 32.1. The molecule has 0 atom stereocenters. The lowest BCUT2D eigenvalue weighted by molar-refractivity contribution is 0.0945. The Morgan fingerprint density at radius 1 is 1.09 bits per heavy atom. The van der Waals surface area contributed by atoms with Crippen LogP contribution in [0.1, 0.15) is 10.6 Å². The first-order valence-electron chi connectivity index (χ1n) is 9.80. The molecule has 3 heterocycles. The molecular formula is C24H18N2O5S. The Kier molecular flexibility index (Phi) is 4.99. The van der Waals surface area contributed by atoms with Crippen molar-refractivity contribution in [3.63, 3.8) is 0 Å². The molecule has 32 heavy (non-hydrogen) atoms. The first-order valence-corrected chi connectivity index (χ1v) is 10.7. The van der Waals surface area contributed by atoms with Crippen molar-refractivity contribution in [2.24, 2.45) is 0 Å². The predicted octanol–water partition coefficient (Wildman–Crippen LogP) is 4.77. The molecule has 2 aromatic carbocycles. The number of nitrogens with zero attached hydrogens (tertiary/aromatic N) is 2. The first-order chi connectivity index (χ1) is 15.6. The molecule has 3 aromatic heterocycles. The van der Waals surface area contributed by atoms with Gasteiger partial charge in [-0.2, -0.15) is 0 Å². The molecule has 0 aliphatic rings. The third-order valence-electron chi connectivity index (χ3n) is 5.27. The van der Waals surface area contributed by atoms with Gasteiger partial charge in [0.05, 0.1) is 32.5 Å². The van der Waals surface area contributed by atoms with Gasteiger partial charge in [-0.25, -0.2) is 4.98 Å². The van der Waals surface area contributed by atoms with E-state index in [0.29, 0.717) is 27.3 Å². The lowest BCUT2D eigenvalue weighted by Gasteiger charge is -2.09. The lowest BCUT2D eigenvalue weighted by atomic mass is 10.1. The minimum Gasteiger partial charge on any atom is -0.493 e. The fourth-order valence-electron chi connectivity index (χ4n) is 3.65. The van der Waals surface area contributed by atoms with Gasteiger partial charge in [-0.05, 0) is 29.8 Å². The Morgan fingerprint density at radius 3 is 2.69 bits per heavy atom. The number of hydrogen-bond donors (Lipinski definition) is 0. The van der Waals surface area contributed by atoms with E-state index in [9.17, 15) is 9.59 Å². The van der Waals surface area contributed by atoms with Crippen molar-refractivity contribution in [3.8, 4) is 22.6 Å². The number of methoxy groups -OCH3 is 2. The van der Waals surface area contributed by atoms with Crippen LogP contribution in [-0.4, -0.2) is 29.6 Å². The molecule has 0 unspecified atom stereocenters. The van der Waals surface area contributed by atoms with Crippen molar-refractivity contribution >= 4 is 38.3 Å². The molecule has 8 heteroatoms. The van der Waals surface area contributed by atoms with Crippen LogP contribution in [0.15, 0.2) is 69.5 Å². The zero-order chi connectivity index (χ0) is 22.2. The van der Waals surface area contributed by atoms with Crippen LogP contribution in [0.4, 0.5) is 0 Å². The summed E-state index contributed by atoms with van der Waals surface area (Å²) in [7, 11) is 3.13. The molecule has 0 bridgehead atoms. The van der Waals surface area contributed by atoms with E-state index in [4.69, 9.17) is 13.9 Å². The molecule has 5 aromatic rings. The molecule has 0 aliphatic heterocycles. The summed E-state index contributed by atoms with van der Waals surface area (Å²) in [6.45, 7) is -0.164. The fourth-order valence-corrected chi connectivity index (χ4v) is 4.55. The number of carbonyl (C=O) groups excluding carboxylic acids is 1. The number of Topliss-reactive ketones (excluding diaryl/α,β-unsaturated/α-hetero) is 1. The van der Waals surface area contributed by atoms with Crippen LogP contribution >= 0.6 is 11.3 Å². The number of thiophene rings is 1. The summed E-state index contributed by atoms with van der Waals surface area (Å²) in [4.78, 5) is 31.1. The van der Waals surface area contributed by atoms with Crippen LogP contribution in [0.2, 0.25) is 0 Å². The van der Waals surface area contributed by atoms with E-state index in [2.05, 4.69) is 4.98 Å². The molecule has 0 saturated heterocycles. The number of furan rings is 1. The second-order valence-electron chi connectivity index (χ2n) is 7.15. The minimum atomic E-state index is -0.299. The van der Waals surface area contributed by atoms with Crippen LogP contribution in [-0.2, 0) is 6.54 Å². The molecule has 7 nitrogen and oxygen atoms in total. The summed E-state index contributed by atoms with van der Waals surface area (Å²) in [6.07, 6.45) is 1.40. The van der Waals surface area contributed by atoms with Gasteiger partial charge in [0.1, 0.15) is 10.4 Å². The van der Waals surface area contributed by atoms with Crippen molar-refractivity contribution < 1.29 is 18.7 Å². The summed E-state index contributed by atoms with van der Waals surface area (Å²) in [5.41, 5.74) is 1.87. The van der Waals surface area contributed by atoms with Gasteiger partial charge in [0, 0.05) is 16.3 Å². The second kappa shape index (κ2) is 7.97. The summed E-state index contributed by atoms with van der Waals surface area (Å²) < 4.78 is 17.7. The SMILES string of the molecule is COc1ccc(-c2csc3ncn(CC(=O)c4cc5ccccc5o4)c(=O)c23)cc1OC. The number of fused-ring (bicyclic) bond motifs is 2. The summed E-state index contributed by atoms with van der Waals surface area (Å²) in [6, 6.07) is 14.5. The molecule has 0 aliphatic carbocycles. The van der Waals surface area contributed by atoms with Crippen molar-refractivity contribution in [3.05, 3.63) is 76.4 Å². The number of ether oxygens (including phenoxy) is 2. The number of rotatable bonds is 6. The predicted molar refractivity (Wildman–Crippen MR) is 123 cm³/mol. The van der Waals surface area contributed by atoms with Crippen molar-refractivity contribution in [2.45, 2.75) is 6.54 Å². The van der Waals surface area contributed by atoms with Crippen molar-refractivity contribution in [2.75, 3.05) is 14.2 Å². The van der Waals surface area contributed by atoms with Crippen LogP contribution < -0.4 is 15.0 Å². The van der Waals surface area contributed by atoms with Crippen molar-refractivity contribution in [1.82, 2.24) is 9.55 Å². The minimum absolute atomic E-state index is 0.164. The zero-order valence-electron chi connectivity index (χ0n) is 17.3. The average molecular weight is 446 g/mol. The standard InChI is InChI=1S/C24H18N2O5S/c1-29-19-8-7-14(9-21(19)30-2)16-12-32-23-22(16)24(28)26(13-25-23)11-17(27)20-10-15-5-3-4-6-18(15)31-20/h3-10,12-13H,11H2,1-2H3. The molecule has 160 valence electrons. The maximum atomic E-state index is 13.3. The third-order valence-corrected chi connectivity index (χ3v) is 6.16. The quantitative estimate of drug-likeness (QED) is 0.349. The lowest BCUT2D eigenvalue weighted by Crippen LogP contribution is -2.24. The molecular weight excluding hydrogens is 428 g/mol. The second-order valence-corrected chi connectivity index (χ2v) is 8.01. The van der Waals surface area contributed by atoms with Crippen molar-refractivity contribution in [1.29, 1.82) is 0 Å². The van der Waals surface area contributed by atoms with E-state index in [1.165, 1.54) is 22.2 Å². The molecule has 0 saturated carbocycles. The van der Waals surface area contributed by atoms with E-state index in [1.54, 1.807) is 32.4 Å². The Bertz CT molecular complexity index is 1500. The van der Waals surface area contributed by atoms with Gasteiger partial charge in [0.2, 0.25) is 5.78 Å². The van der Waals surface area contributed by atoms with Crippen LogP contribution in [0.3, 0.4) is 0 Å². The van der Waals surface area contributed by atoms with E-state index in [-0.39, 0.29) is 23.6 Å². The molecule has 5 rings (SSSR count). The Hall–Kier alpha value is -3.91. The topological polar surface area (TPSA) is 83.6 Å². The Balaban J connectivity index is 1.54. The zero-order valence-corrected chi connectivity index (χ0v) is 18.1. The number of benzene rings is 2. The number of carbonyl (C=O) groups is 1. The van der Waals surface area contributed by atoms with Gasteiger partial charge in [-0.15, -0.1) is 11.3 Å². The van der Waals surface area contributed by atoms with Crippen LogP contribution in [0, 0.1) is 0 Å². The van der Waals surface area contributed by atoms with E-state index < -0.39 is 0 Å². The van der Waals surface area contributed by atoms with E-state index in [0.717, 1.165) is 16.5 Å². The molecule has 0 fully saturated rings. The monoisotopic (exact) mass is 446 g/mol. The maximum absolute atomic E-state index is 13.3. The third kappa shape index (κ3) is 3.34. The highest BCUT2D eigenvalue weighted by Crippen LogP contribution is 2.36. The number of ketones is 1. The highest BCUT2D eigenvalue weighted by Gasteiger charge is 2.18. The summed E-state index contributed by atoms with van der Waals surface area (Å²) in [5, 5.41) is 3.18. The fraction of sp³-hybridized carbons (Fsp3) is 0.125. The van der Waals surface area contributed by atoms with E-state index >= 15 is 0 Å². The maximum Gasteiger partial charge on any atom is 0.263 e. The largest absolute Gasteiger partial charge is 0.493 e. The highest BCUT2D eigenvalue weighted by molar-refractivity contribution is 7.17. The average Bonchev–Trinajstić information content (AvgIpc) is 3.45. The Labute approximate surface area is 186 Å². The van der Waals surface area contributed by atoms with Crippen LogP contribution in [0.5, 0.6) is 11.5 Å². The van der Waals surface area contributed by atoms with Gasteiger partial charge >= 0.3 is 0 Å². The summed E-state index contributed by atoms with van der Waals surface area (Å²) >= 11 is 1.37. The van der Waals surface area contributed by atoms with Gasteiger partial charge in [-0.1, -0.05) is 24.3 Å².